The summed E-state index contributed by atoms with van der Waals surface area (Å²) in [6.45, 7) is 0. The zero-order chi connectivity index (χ0) is 26.0. The van der Waals surface area contributed by atoms with E-state index in [0.717, 1.165) is 4.90 Å². The van der Waals surface area contributed by atoms with Crippen LogP contribution in [-0.4, -0.2) is 23.4 Å². The molecule has 2 N–H and O–H groups in total. The Morgan fingerprint density at radius 2 is 1.32 bits per heavy atom. The van der Waals surface area contributed by atoms with Gasteiger partial charge in [0.05, 0.1) is 5.75 Å². The lowest BCUT2D eigenvalue weighted by Gasteiger charge is -2.12. The molecule has 4 aromatic rings. The molecular formula is C30H23ClN2O3S. The van der Waals surface area contributed by atoms with Gasteiger partial charge in [-0.05, 0) is 60.2 Å². The number of thioether (sulfide) groups is 1. The monoisotopic (exact) mass is 526 g/mol. The summed E-state index contributed by atoms with van der Waals surface area (Å²) in [7, 11) is 0. The number of benzene rings is 4. The minimum absolute atomic E-state index is 0.0501. The Morgan fingerprint density at radius 3 is 1.95 bits per heavy atom. The predicted molar refractivity (Wildman–Crippen MR) is 150 cm³/mol. The summed E-state index contributed by atoms with van der Waals surface area (Å²) in [5, 5.41) is 6.11. The summed E-state index contributed by atoms with van der Waals surface area (Å²) in [4.78, 5) is 39.1. The quantitative estimate of drug-likeness (QED) is 0.144. The van der Waals surface area contributed by atoms with Gasteiger partial charge in [-0.3, -0.25) is 14.4 Å². The molecule has 0 saturated carbocycles. The number of hydrogen-bond acceptors (Lipinski definition) is 4. The Kier molecular flexibility index (Phi) is 8.92. The molecule has 0 fully saturated rings. The average molecular weight is 527 g/mol. The molecule has 0 heterocycles. The number of anilines is 1. The maximum Gasteiger partial charge on any atom is 0.272 e. The number of halogens is 1. The van der Waals surface area contributed by atoms with Crippen LogP contribution in [0.25, 0.3) is 6.08 Å². The van der Waals surface area contributed by atoms with E-state index in [-0.39, 0.29) is 11.5 Å². The van der Waals surface area contributed by atoms with Crippen molar-refractivity contribution in [3.8, 4) is 0 Å². The van der Waals surface area contributed by atoms with E-state index in [9.17, 15) is 14.4 Å². The van der Waals surface area contributed by atoms with Crippen LogP contribution in [0.1, 0.15) is 26.3 Å². The summed E-state index contributed by atoms with van der Waals surface area (Å²) < 4.78 is 0. The second-order valence-electron chi connectivity index (χ2n) is 7.99. The van der Waals surface area contributed by atoms with Crippen LogP contribution in [0.4, 0.5) is 5.69 Å². The smallest absolute Gasteiger partial charge is 0.272 e. The summed E-state index contributed by atoms with van der Waals surface area (Å²) >= 11 is 7.40. The first kappa shape index (κ1) is 25.9. The van der Waals surface area contributed by atoms with E-state index >= 15 is 0 Å². The molecule has 0 saturated heterocycles. The van der Waals surface area contributed by atoms with Crippen LogP contribution in [0.5, 0.6) is 0 Å². The highest BCUT2D eigenvalue weighted by atomic mass is 35.5. The van der Waals surface area contributed by atoms with Crippen LogP contribution in [0.3, 0.4) is 0 Å². The standard InChI is InChI=1S/C30H23ClN2O3S/c31-24-13-11-21(12-14-24)19-27(33-29(35)23-9-5-2-6-10-23)30(36)32-25-15-17-26(18-16-25)37-20-28(34)22-7-3-1-4-8-22/h1-19H,20H2,(H,32,36)(H,33,35)/b27-19-. The summed E-state index contributed by atoms with van der Waals surface area (Å²) in [5.74, 6) is -0.506. The molecule has 0 unspecified atom stereocenters. The van der Waals surface area contributed by atoms with Gasteiger partial charge in [-0.15, -0.1) is 11.8 Å². The molecule has 0 bridgehead atoms. The lowest BCUT2D eigenvalue weighted by Crippen LogP contribution is -2.30. The third-order valence-electron chi connectivity index (χ3n) is 5.29. The molecule has 4 aromatic carbocycles. The number of nitrogens with one attached hydrogen (secondary N) is 2. The number of Topliss-reactive ketones (excluding diaryl/α,β-unsaturated/α-hetero) is 1. The second-order valence-corrected chi connectivity index (χ2v) is 9.47. The van der Waals surface area contributed by atoms with Gasteiger partial charge >= 0.3 is 0 Å². The molecule has 0 aliphatic heterocycles. The first-order valence-corrected chi connectivity index (χ1v) is 12.8. The van der Waals surface area contributed by atoms with Crippen molar-refractivity contribution >= 4 is 52.7 Å². The Labute approximate surface area is 224 Å². The summed E-state index contributed by atoms with van der Waals surface area (Å²) in [6, 6.07) is 31.9. The first-order valence-electron chi connectivity index (χ1n) is 11.4. The molecule has 2 amide bonds. The van der Waals surface area contributed by atoms with Crippen LogP contribution < -0.4 is 10.6 Å². The van der Waals surface area contributed by atoms with Crippen molar-refractivity contribution in [2.75, 3.05) is 11.1 Å². The number of rotatable bonds is 9. The fourth-order valence-electron chi connectivity index (χ4n) is 3.36. The van der Waals surface area contributed by atoms with Crippen LogP contribution in [0.15, 0.2) is 120 Å². The van der Waals surface area contributed by atoms with E-state index in [1.807, 2.05) is 36.4 Å². The molecule has 0 spiro atoms. The average Bonchev–Trinajstić information content (AvgIpc) is 2.94. The van der Waals surface area contributed by atoms with E-state index < -0.39 is 11.8 Å². The Balaban J connectivity index is 1.44. The lowest BCUT2D eigenvalue weighted by atomic mass is 10.1. The molecule has 0 aromatic heterocycles. The summed E-state index contributed by atoms with van der Waals surface area (Å²) in [6.07, 6.45) is 1.59. The van der Waals surface area contributed by atoms with Gasteiger partial charge < -0.3 is 10.6 Å². The number of ketones is 1. The normalized spacial score (nSPS) is 11.0. The van der Waals surface area contributed by atoms with Crippen molar-refractivity contribution in [3.05, 3.63) is 137 Å². The molecule has 0 radical (unpaired) electrons. The van der Waals surface area contributed by atoms with Crippen molar-refractivity contribution in [2.45, 2.75) is 4.90 Å². The highest BCUT2D eigenvalue weighted by Crippen LogP contribution is 2.22. The SMILES string of the molecule is O=C(Nc1ccc(SCC(=O)c2ccccc2)cc1)/C(=C/c1ccc(Cl)cc1)NC(=O)c1ccccc1. The molecule has 184 valence electrons. The van der Waals surface area contributed by atoms with Gasteiger partial charge in [0, 0.05) is 26.7 Å². The maximum absolute atomic E-state index is 13.1. The molecule has 0 atom stereocenters. The van der Waals surface area contributed by atoms with Crippen LogP contribution >= 0.6 is 23.4 Å². The zero-order valence-electron chi connectivity index (χ0n) is 19.7. The molecular weight excluding hydrogens is 504 g/mol. The summed E-state index contributed by atoms with van der Waals surface area (Å²) in [5.41, 5.74) is 2.46. The third kappa shape index (κ3) is 7.67. The van der Waals surface area contributed by atoms with Gasteiger partial charge in [-0.25, -0.2) is 0 Å². The van der Waals surface area contributed by atoms with Gasteiger partial charge in [-0.1, -0.05) is 72.3 Å². The molecule has 5 nitrogen and oxygen atoms in total. The van der Waals surface area contributed by atoms with Crippen LogP contribution in [0, 0.1) is 0 Å². The highest BCUT2D eigenvalue weighted by Gasteiger charge is 2.15. The lowest BCUT2D eigenvalue weighted by molar-refractivity contribution is -0.113. The van der Waals surface area contributed by atoms with Crippen molar-refractivity contribution in [1.82, 2.24) is 5.32 Å². The third-order valence-corrected chi connectivity index (χ3v) is 6.55. The van der Waals surface area contributed by atoms with E-state index in [4.69, 9.17) is 11.6 Å². The van der Waals surface area contributed by atoms with E-state index in [1.54, 1.807) is 78.9 Å². The fraction of sp³-hybridized carbons (Fsp3) is 0.0333. The van der Waals surface area contributed by atoms with Crippen LogP contribution in [0.2, 0.25) is 5.02 Å². The first-order chi connectivity index (χ1) is 18.0. The number of carbonyl (C=O) groups excluding carboxylic acids is 3. The van der Waals surface area contributed by atoms with Crippen molar-refractivity contribution in [1.29, 1.82) is 0 Å². The van der Waals surface area contributed by atoms with Gasteiger partial charge in [0.2, 0.25) is 0 Å². The van der Waals surface area contributed by atoms with Crippen LogP contribution in [-0.2, 0) is 4.79 Å². The minimum atomic E-state index is -0.473. The Bertz CT molecular complexity index is 1410. The maximum atomic E-state index is 13.1. The largest absolute Gasteiger partial charge is 0.321 e. The predicted octanol–water partition coefficient (Wildman–Crippen LogP) is 6.72. The topological polar surface area (TPSA) is 75.3 Å². The fourth-order valence-corrected chi connectivity index (χ4v) is 4.28. The van der Waals surface area contributed by atoms with Crippen molar-refractivity contribution in [3.63, 3.8) is 0 Å². The highest BCUT2D eigenvalue weighted by molar-refractivity contribution is 8.00. The van der Waals surface area contributed by atoms with Gasteiger partial charge in [-0.2, -0.15) is 0 Å². The number of hydrogen-bond donors (Lipinski definition) is 2. The zero-order valence-corrected chi connectivity index (χ0v) is 21.3. The van der Waals surface area contributed by atoms with E-state index in [2.05, 4.69) is 10.6 Å². The van der Waals surface area contributed by atoms with E-state index in [0.29, 0.717) is 33.2 Å². The number of amides is 2. The van der Waals surface area contributed by atoms with Gasteiger partial charge in [0.1, 0.15) is 5.70 Å². The molecule has 0 aliphatic carbocycles. The minimum Gasteiger partial charge on any atom is -0.321 e. The molecule has 4 rings (SSSR count). The van der Waals surface area contributed by atoms with E-state index in [1.165, 1.54) is 11.8 Å². The second kappa shape index (κ2) is 12.7. The molecule has 0 aliphatic rings. The molecule has 7 heteroatoms. The van der Waals surface area contributed by atoms with Crippen molar-refractivity contribution < 1.29 is 14.4 Å². The number of carbonyl (C=O) groups is 3. The van der Waals surface area contributed by atoms with Gasteiger partial charge in [0.25, 0.3) is 11.8 Å². The molecule has 37 heavy (non-hydrogen) atoms. The Hall–Kier alpha value is -4.13. The Morgan fingerprint density at radius 1 is 0.730 bits per heavy atom. The van der Waals surface area contributed by atoms with Crippen molar-refractivity contribution in [2.24, 2.45) is 0 Å². The van der Waals surface area contributed by atoms with Gasteiger partial charge in [0.15, 0.2) is 5.78 Å².